The van der Waals surface area contributed by atoms with Crippen molar-refractivity contribution in [3.8, 4) is 0 Å². The van der Waals surface area contributed by atoms with E-state index < -0.39 is 0 Å². The number of likely N-dealkylation sites (N-methyl/N-ethyl adjacent to an activating group) is 1. The van der Waals surface area contributed by atoms with Crippen molar-refractivity contribution in [1.29, 1.82) is 0 Å². The molecule has 0 radical (unpaired) electrons. The summed E-state index contributed by atoms with van der Waals surface area (Å²) in [6.45, 7) is 9.11. The van der Waals surface area contributed by atoms with Gasteiger partial charge >= 0.3 is 0 Å². The van der Waals surface area contributed by atoms with Crippen molar-refractivity contribution >= 4 is 0 Å². The van der Waals surface area contributed by atoms with Crippen LogP contribution in [0.5, 0.6) is 0 Å². The van der Waals surface area contributed by atoms with Crippen LogP contribution < -0.4 is 10.6 Å². The molecule has 0 amide bonds. The molecule has 2 heteroatoms. The molecular weight excluding hydrogens is 112 g/mol. The van der Waals surface area contributed by atoms with Gasteiger partial charge in [-0.05, 0) is 12.1 Å². The van der Waals surface area contributed by atoms with Gasteiger partial charge in [0.2, 0.25) is 0 Å². The summed E-state index contributed by atoms with van der Waals surface area (Å²) in [6, 6.07) is 0.523. The second-order valence-electron chi connectivity index (χ2n) is 2.40. The van der Waals surface area contributed by atoms with E-state index in [0.717, 1.165) is 19.6 Å². The summed E-state index contributed by atoms with van der Waals surface area (Å²) in [6.07, 6.45) is 0. The Bertz CT molecular complexity index is 109. The molecule has 1 heterocycles. The Kier molecular flexibility index (Phi) is 2.25. The van der Waals surface area contributed by atoms with Gasteiger partial charge in [0, 0.05) is 19.1 Å². The maximum Gasteiger partial charge on any atom is 0.0415 e. The summed E-state index contributed by atoms with van der Waals surface area (Å²) in [5, 5.41) is 6.58. The third-order valence-electron chi connectivity index (χ3n) is 1.64. The molecule has 1 unspecified atom stereocenters. The fraction of sp³-hybridized carbons (Fsp3) is 0.714. The number of rotatable bonds is 2. The molecule has 1 atom stereocenters. The first-order valence-electron chi connectivity index (χ1n) is 3.46. The van der Waals surface area contributed by atoms with Gasteiger partial charge in [0.05, 0.1) is 0 Å². The molecule has 0 aromatic carbocycles. The van der Waals surface area contributed by atoms with Crippen LogP contribution in [-0.2, 0) is 0 Å². The lowest BCUT2D eigenvalue weighted by atomic mass is 10.2. The van der Waals surface area contributed by atoms with E-state index in [-0.39, 0.29) is 0 Å². The third kappa shape index (κ3) is 1.53. The SMILES string of the molecule is C=C1CNCC1NCC. The summed E-state index contributed by atoms with van der Waals surface area (Å²) in [7, 11) is 0. The summed E-state index contributed by atoms with van der Waals surface area (Å²) in [5.74, 6) is 0. The second kappa shape index (κ2) is 2.99. The van der Waals surface area contributed by atoms with Crippen LogP contribution in [0.15, 0.2) is 12.2 Å². The van der Waals surface area contributed by atoms with E-state index in [1.54, 1.807) is 0 Å². The molecule has 0 aliphatic carbocycles. The Morgan fingerprint density at radius 3 is 3.11 bits per heavy atom. The van der Waals surface area contributed by atoms with Crippen LogP contribution in [0.25, 0.3) is 0 Å². The summed E-state index contributed by atoms with van der Waals surface area (Å²) in [4.78, 5) is 0. The maximum atomic E-state index is 3.93. The molecule has 1 aliphatic rings. The average molecular weight is 126 g/mol. The Balaban J connectivity index is 2.31. The predicted molar refractivity (Wildman–Crippen MR) is 39.5 cm³/mol. The molecule has 9 heavy (non-hydrogen) atoms. The molecule has 2 N–H and O–H groups in total. The van der Waals surface area contributed by atoms with Gasteiger partial charge in [0.1, 0.15) is 0 Å². The molecule has 1 rings (SSSR count). The van der Waals surface area contributed by atoms with Crippen molar-refractivity contribution in [2.45, 2.75) is 13.0 Å². The van der Waals surface area contributed by atoms with Crippen molar-refractivity contribution in [3.05, 3.63) is 12.2 Å². The van der Waals surface area contributed by atoms with Gasteiger partial charge in [-0.2, -0.15) is 0 Å². The molecule has 0 spiro atoms. The molecule has 1 saturated heterocycles. The van der Waals surface area contributed by atoms with E-state index in [2.05, 4.69) is 24.1 Å². The predicted octanol–water partition coefficient (Wildman–Crippen LogP) is 0.124. The second-order valence-corrected chi connectivity index (χ2v) is 2.40. The van der Waals surface area contributed by atoms with Crippen LogP contribution in [0.4, 0.5) is 0 Å². The molecule has 0 aromatic rings. The molecule has 2 nitrogen and oxygen atoms in total. The van der Waals surface area contributed by atoms with Gasteiger partial charge in [-0.25, -0.2) is 0 Å². The zero-order valence-electron chi connectivity index (χ0n) is 5.91. The Morgan fingerprint density at radius 1 is 1.89 bits per heavy atom. The fourth-order valence-corrected chi connectivity index (χ4v) is 1.11. The minimum absolute atomic E-state index is 0.523. The first-order chi connectivity index (χ1) is 4.34. The summed E-state index contributed by atoms with van der Waals surface area (Å²) >= 11 is 0. The Labute approximate surface area is 56.3 Å². The highest BCUT2D eigenvalue weighted by Gasteiger charge is 2.15. The molecule has 52 valence electrons. The highest BCUT2D eigenvalue weighted by Crippen LogP contribution is 2.02. The lowest BCUT2D eigenvalue weighted by Gasteiger charge is -2.09. The average Bonchev–Trinajstić information content (AvgIpc) is 2.18. The quantitative estimate of drug-likeness (QED) is 0.514. The van der Waals surface area contributed by atoms with Gasteiger partial charge < -0.3 is 10.6 Å². The van der Waals surface area contributed by atoms with E-state index in [1.807, 2.05) is 0 Å². The number of hydrogen-bond donors (Lipinski definition) is 2. The first kappa shape index (κ1) is 6.78. The Hall–Kier alpha value is -0.340. The normalized spacial score (nSPS) is 27.2. The lowest BCUT2D eigenvalue weighted by Crippen LogP contribution is -2.31. The minimum atomic E-state index is 0.523. The van der Waals surface area contributed by atoms with E-state index in [9.17, 15) is 0 Å². The van der Waals surface area contributed by atoms with E-state index in [1.165, 1.54) is 5.57 Å². The third-order valence-corrected chi connectivity index (χ3v) is 1.64. The molecule has 0 bridgehead atoms. The fourth-order valence-electron chi connectivity index (χ4n) is 1.11. The molecule has 0 aromatic heterocycles. The van der Waals surface area contributed by atoms with Crippen LogP contribution in [0.3, 0.4) is 0 Å². The summed E-state index contributed by atoms with van der Waals surface area (Å²) in [5.41, 5.74) is 1.29. The highest BCUT2D eigenvalue weighted by atomic mass is 15.0. The van der Waals surface area contributed by atoms with E-state index >= 15 is 0 Å². The van der Waals surface area contributed by atoms with Crippen molar-refractivity contribution in [3.63, 3.8) is 0 Å². The van der Waals surface area contributed by atoms with Crippen molar-refractivity contribution < 1.29 is 0 Å². The minimum Gasteiger partial charge on any atom is -0.311 e. The summed E-state index contributed by atoms with van der Waals surface area (Å²) < 4.78 is 0. The smallest absolute Gasteiger partial charge is 0.0415 e. The van der Waals surface area contributed by atoms with Gasteiger partial charge in [0.15, 0.2) is 0 Å². The van der Waals surface area contributed by atoms with Crippen molar-refractivity contribution in [1.82, 2.24) is 10.6 Å². The largest absolute Gasteiger partial charge is 0.311 e. The number of hydrogen-bond acceptors (Lipinski definition) is 2. The van der Waals surface area contributed by atoms with Gasteiger partial charge in [-0.15, -0.1) is 0 Å². The standard InChI is InChI=1S/C7H14N2/c1-3-9-7-5-8-4-6(7)2/h7-9H,2-5H2,1H3. The highest BCUT2D eigenvalue weighted by molar-refractivity contribution is 5.13. The Morgan fingerprint density at radius 2 is 2.67 bits per heavy atom. The van der Waals surface area contributed by atoms with E-state index in [4.69, 9.17) is 0 Å². The molecule has 1 fully saturated rings. The van der Waals surface area contributed by atoms with Gasteiger partial charge in [-0.1, -0.05) is 13.5 Å². The lowest BCUT2D eigenvalue weighted by molar-refractivity contribution is 0.618. The molecule has 0 saturated carbocycles. The van der Waals surface area contributed by atoms with Crippen LogP contribution in [0.2, 0.25) is 0 Å². The van der Waals surface area contributed by atoms with Crippen LogP contribution >= 0.6 is 0 Å². The zero-order chi connectivity index (χ0) is 6.69. The van der Waals surface area contributed by atoms with Crippen molar-refractivity contribution in [2.24, 2.45) is 0 Å². The topological polar surface area (TPSA) is 24.1 Å². The zero-order valence-corrected chi connectivity index (χ0v) is 5.91. The molecular formula is C7H14N2. The monoisotopic (exact) mass is 126 g/mol. The van der Waals surface area contributed by atoms with Crippen molar-refractivity contribution in [2.75, 3.05) is 19.6 Å². The van der Waals surface area contributed by atoms with Crippen LogP contribution in [0.1, 0.15) is 6.92 Å². The molecule has 1 aliphatic heterocycles. The van der Waals surface area contributed by atoms with Gasteiger partial charge in [0.25, 0.3) is 0 Å². The van der Waals surface area contributed by atoms with Crippen LogP contribution in [-0.4, -0.2) is 25.7 Å². The first-order valence-corrected chi connectivity index (χ1v) is 3.46. The maximum absolute atomic E-state index is 3.93. The number of nitrogens with one attached hydrogen (secondary N) is 2. The van der Waals surface area contributed by atoms with Gasteiger partial charge in [-0.3, -0.25) is 0 Å². The van der Waals surface area contributed by atoms with Crippen LogP contribution in [0, 0.1) is 0 Å². The van der Waals surface area contributed by atoms with E-state index in [0.29, 0.717) is 6.04 Å².